The van der Waals surface area contributed by atoms with Crippen LogP contribution in [0.4, 0.5) is 0 Å². The van der Waals surface area contributed by atoms with E-state index in [-0.39, 0.29) is 19.5 Å². The zero-order chi connectivity index (χ0) is 19.5. The van der Waals surface area contributed by atoms with Crippen molar-refractivity contribution in [1.29, 1.82) is 0 Å². The number of alkyl halides is 2. The van der Waals surface area contributed by atoms with Gasteiger partial charge in [0.2, 0.25) is 0 Å². The summed E-state index contributed by atoms with van der Waals surface area (Å²) in [5, 5.41) is 0. The maximum Gasteiger partial charge on any atom is 0.118 e. The molecule has 0 heterocycles. The van der Waals surface area contributed by atoms with E-state index in [1.807, 2.05) is 0 Å². The summed E-state index contributed by atoms with van der Waals surface area (Å²) in [5.41, 5.74) is 4.24. The fraction of sp³-hybridized carbons (Fsp3) is 0.720. The summed E-state index contributed by atoms with van der Waals surface area (Å²) in [6, 6.07) is 11.3. The molecule has 1 aromatic rings. The first-order chi connectivity index (χ1) is 13.6. The molecular weight excluding hydrogens is 503 g/mol. The summed E-state index contributed by atoms with van der Waals surface area (Å²) >= 11 is 13.2. The summed E-state index contributed by atoms with van der Waals surface area (Å²) in [5.74, 6) is 2.87. The molecule has 0 saturated heterocycles. The minimum absolute atomic E-state index is 0. The third kappa shape index (κ3) is 5.75. The molecule has 3 aliphatic rings. The molecule has 0 atom stereocenters. The normalized spacial score (nSPS) is 24.6. The molecular formula is C25H37Cl2PRu. The maximum absolute atomic E-state index is 6.59. The van der Waals surface area contributed by atoms with Gasteiger partial charge in [-0.2, -0.15) is 0 Å². The second-order valence-corrected chi connectivity index (χ2v) is 15.5. The van der Waals surface area contributed by atoms with Crippen LogP contribution in [-0.4, -0.2) is 27.1 Å². The van der Waals surface area contributed by atoms with Crippen LogP contribution in [0, 0.1) is 0 Å². The fourth-order valence-electron chi connectivity index (χ4n) is 6.54. The average molecular weight is 541 g/mol. The van der Waals surface area contributed by atoms with Crippen molar-refractivity contribution in [3.05, 3.63) is 35.9 Å². The van der Waals surface area contributed by atoms with Crippen molar-refractivity contribution in [2.75, 3.05) is 0 Å². The van der Waals surface area contributed by atoms with Gasteiger partial charge < -0.3 is 0 Å². The molecule has 0 bridgehead atoms. The Hall–Kier alpha value is 0.723. The van der Waals surface area contributed by atoms with Gasteiger partial charge in [0.05, 0.1) is 0 Å². The molecule has 0 N–H and O–H groups in total. The summed E-state index contributed by atoms with van der Waals surface area (Å²) in [4.78, 5) is 0. The number of hydrogen-bond acceptors (Lipinski definition) is 0. The Bertz CT molecular complexity index is 643. The second-order valence-electron chi connectivity index (χ2n) is 9.61. The summed E-state index contributed by atoms with van der Waals surface area (Å²) in [6.45, 7) is -1.24. The minimum atomic E-state index is -1.24. The van der Waals surface area contributed by atoms with Gasteiger partial charge in [-0.25, -0.2) is 0 Å². The van der Waals surface area contributed by atoms with Gasteiger partial charge in [0.25, 0.3) is 0 Å². The molecule has 3 fully saturated rings. The van der Waals surface area contributed by atoms with Crippen molar-refractivity contribution in [1.82, 2.24) is 0 Å². The van der Waals surface area contributed by atoms with E-state index in [4.69, 9.17) is 23.2 Å². The van der Waals surface area contributed by atoms with E-state index >= 15 is 0 Å². The Morgan fingerprint density at radius 1 is 0.690 bits per heavy atom. The Balaban J connectivity index is 0.00000240. The molecule has 29 heavy (non-hydrogen) atoms. The van der Waals surface area contributed by atoms with Crippen LogP contribution in [0.25, 0.3) is 0 Å². The molecule has 3 saturated carbocycles. The quantitative estimate of drug-likeness (QED) is 0.204. The molecule has 164 valence electrons. The van der Waals surface area contributed by atoms with E-state index in [9.17, 15) is 0 Å². The van der Waals surface area contributed by atoms with Crippen LogP contribution in [0.5, 0.6) is 0 Å². The molecule has 3 aliphatic carbocycles. The van der Waals surface area contributed by atoms with Gasteiger partial charge in [-0.1, -0.05) is 81.5 Å². The van der Waals surface area contributed by atoms with Crippen LogP contribution in [-0.2, 0) is 19.5 Å². The van der Waals surface area contributed by atoms with Crippen LogP contribution < -0.4 is 0 Å². The molecule has 0 amide bonds. The molecule has 4 heteroatoms. The van der Waals surface area contributed by atoms with Crippen LogP contribution in [0.15, 0.2) is 30.3 Å². The summed E-state index contributed by atoms with van der Waals surface area (Å²) < 4.78 is -0.474. The third-order valence-corrected chi connectivity index (χ3v) is 14.8. The minimum Gasteiger partial charge on any atom is -0.102 e. The Morgan fingerprint density at radius 3 is 1.62 bits per heavy atom. The van der Waals surface area contributed by atoms with Crippen molar-refractivity contribution in [2.24, 2.45) is 0 Å². The topological polar surface area (TPSA) is 0 Å². The second kappa shape index (κ2) is 11.0. The van der Waals surface area contributed by atoms with Crippen LogP contribution in [0.1, 0.15) is 95.5 Å². The monoisotopic (exact) mass is 540 g/mol. The Kier molecular flexibility index (Phi) is 9.27. The van der Waals surface area contributed by atoms with E-state index in [0.717, 1.165) is 29.8 Å². The van der Waals surface area contributed by atoms with Crippen LogP contribution in [0.3, 0.4) is 0 Å². The first kappa shape index (κ1) is 24.4. The molecule has 0 spiro atoms. The van der Waals surface area contributed by atoms with E-state index in [1.54, 1.807) is 0 Å². The van der Waals surface area contributed by atoms with E-state index in [2.05, 4.69) is 36.1 Å². The van der Waals surface area contributed by atoms with Gasteiger partial charge in [-0.15, -0.1) is 23.2 Å². The molecule has 0 nitrogen and oxygen atoms in total. The number of rotatable bonds is 4. The molecule has 0 unspecified atom stereocenters. The summed E-state index contributed by atoms with van der Waals surface area (Å²) in [7, 11) is 0. The molecule has 0 aromatic heterocycles. The van der Waals surface area contributed by atoms with Gasteiger partial charge >= 0.3 is 0 Å². The van der Waals surface area contributed by atoms with Gasteiger partial charge in [-0.05, 0) is 73.9 Å². The largest absolute Gasteiger partial charge is 0.118 e. The van der Waals surface area contributed by atoms with Gasteiger partial charge in [0, 0.05) is 19.5 Å². The molecule has 1 aromatic carbocycles. The fourth-order valence-corrected chi connectivity index (χ4v) is 13.8. The van der Waals surface area contributed by atoms with Gasteiger partial charge in [0.15, 0.2) is 0 Å². The SMILES string of the molecule is ClC1(Cl)CCC(P(=Cc2ccccc2)(C2CCCCC2)C2CCCCC2)CC1.[Ru]. The molecule has 0 radical (unpaired) electrons. The van der Waals surface area contributed by atoms with E-state index < -0.39 is 11.2 Å². The van der Waals surface area contributed by atoms with Crippen LogP contribution >= 0.6 is 30.1 Å². The average Bonchev–Trinajstić information content (AvgIpc) is 2.74. The first-order valence-corrected chi connectivity index (χ1v) is 14.6. The standard InChI is InChI=1S/C25H37Cl2P.Ru/c26-25(27)18-16-24(17-19-25)28(22-12-6-2-7-13-22,23-14-8-3-9-15-23)20-21-10-4-1-5-11-21;/h1,4-5,10-11,20,22-24H,2-3,6-9,12-19H2;. The van der Waals surface area contributed by atoms with Crippen molar-refractivity contribution in [3.8, 4) is 0 Å². The zero-order valence-electron chi connectivity index (χ0n) is 17.7. The predicted octanol–water partition coefficient (Wildman–Crippen LogP) is 8.63. The molecule has 0 aliphatic heterocycles. The third-order valence-electron chi connectivity index (χ3n) is 7.91. The number of halogens is 2. The van der Waals surface area contributed by atoms with Crippen molar-refractivity contribution in [3.63, 3.8) is 0 Å². The van der Waals surface area contributed by atoms with E-state index in [0.29, 0.717) is 0 Å². The summed E-state index contributed by atoms with van der Waals surface area (Å²) in [6.07, 6.45) is 19.0. The van der Waals surface area contributed by atoms with Crippen molar-refractivity contribution in [2.45, 2.75) is 111 Å². The smallest absolute Gasteiger partial charge is 0.102 e. The van der Waals surface area contributed by atoms with E-state index in [1.165, 1.54) is 82.6 Å². The predicted molar refractivity (Wildman–Crippen MR) is 129 cm³/mol. The van der Waals surface area contributed by atoms with Crippen molar-refractivity contribution < 1.29 is 19.5 Å². The van der Waals surface area contributed by atoms with Crippen molar-refractivity contribution >= 4 is 35.9 Å². The van der Waals surface area contributed by atoms with Gasteiger partial charge in [-0.3, -0.25) is 0 Å². The Morgan fingerprint density at radius 2 is 1.14 bits per heavy atom. The zero-order valence-corrected chi connectivity index (χ0v) is 21.8. The van der Waals surface area contributed by atoms with Crippen LogP contribution in [0.2, 0.25) is 0 Å². The maximum atomic E-state index is 6.59. The number of benzene rings is 1. The molecule has 4 rings (SSSR count). The number of hydrogen-bond donors (Lipinski definition) is 0. The Labute approximate surface area is 201 Å². The first-order valence-electron chi connectivity index (χ1n) is 11.8. The van der Waals surface area contributed by atoms with Gasteiger partial charge in [0.1, 0.15) is 4.33 Å².